The Morgan fingerprint density at radius 2 is 2.00 bits per heavy atom. The van der Waals surface area contributed by atoms with E-state index in [1.165, 1.54) is 0 Å². The van der Waals surface area contributed by atoms with E-state index < -0.39 is 0 Å². The maximum absolute atomic E-state index is 12.6. The minimum atomic E-state index is -0.206. The Labute approximate surface area is 117 Å². The molecule has 3 N–H and O–H groups in total. The summed E-state index contributed by atoms with van der Waals surface area (Å²) in [6.07, 6.45) is 0.790. The van der Waals surface area contributed by atoms with Crippen molar-refractivity contribution < 1.29 is 9.90 Å². The van der Waals surface area contributed by atoms with Crippen LogP contribution in [-0.2, 0) is 6.42 Å². The number of aryl methyl sites for hydroxylation is 1. The number of anilines is 2. The standard InChI is InChI=1S/C16H16N2O2/c1-10-4-2-6-12(15(10)19)16(20)18-9-8-11-5-3-7-13(17)14(11)18/h2-7,19H,8-9,17H2,1H3. The molecule has 0 aromatic heterocycles. The van der Waals surface area contributed by atoms with Gasteiger partial charge in [0.05, 0.1) is 16.9 Å². The SMILES string of the molecule is Cc1cccc(C(=O)N2CCc3cccc(N)c32)c1O. The highest BCUT2D eigenvalue weighted by Crippen LogP contribution is 2.35. The van der Waals surface area contributed by atoms with Crippen molar-refractivity contribution in [2.45, 2.75) is 13.3 Å². The van der Waals surface area contributed by atoms with Gasteiger partial charge < -0.3 is 15.7 Å². The number of aromatic hydroxyl groups is 1. The van der Waals surface area contributed by atoms with Crippen molar-refractivity contribution in [3.8, 4) is 5.75 Å². The summed E-state index contributed by atoms with van der Waals surface area (Å²) < 4.78 is 0. The molecule has 0 atom stereocenters. The Balaban J connectivity index is 2.04. The third-order valence-electron chi connectivity index (χ3n) is 3.74. The first-order chi connectivity index (χ1) is 9.59. The summed E-state index contributed by atoms with van der Waals surface area (Å²) in [5, 5.41) is 10.1. The Hall–Kier alpha value is -2.49. The molecular formula is C16H16N2O2. The van der Waals surface area contributed by atoms with Gasteiger partial charge in [0.15, 0.2) is 0 Å². The van der Waals surface area contributed by atoms with Crippen LogP contribution in [0, 0.1) is 6.92 Å². The molecule has 0 saturated carbocycles. The van der Waals surface area contributed by atoms with Crippen LogP contribution in [0.5, 0.6) is 5.75 Å². The highest BCUT2D eigenvalue weighted by atomic mass is 16.3. The van der Waals surface area contributed by atoms with E-state index >= 15 is 0 Å². The van der Waals surface area contributed by atoms with Crippen molar-refractivity contribution in [2.24, 2.45) is 0 Å². The lowest BCUT2D eigenvalue weighted by Gasteiger charge is -2.20. The first kappa shape index (κ1) is 12.5. The number of benzene rings is 2. The zero-order valence-corrected chi connectivity index (χ0v) is 11.3. The maximum Gasteiger partial charge on any atom is 0.262 e. The monoisotopic (exact) mass is 268 g/mol. The number of carbonyl (C=O) groups excluding carboxylic acids is 1. The first-order valence-electron chi connectivity index (χ1n) is 6.57. The molecule has 0 radical (unpaired) electrons. The lowest BCUT2D eigenvalue weighted by molar-refractivity contribution is 0.0986. The van der Waals surface area contributed by atoms with Gasteiger partial charge in [0, 0.05) is 6.54 Å². The van der Waals surface area contributed by atoms with Crippen molar-refractivity contribution in [2.75, 3.05) is 17.2 Å². The number of amides is 1. The average Bonchev–Trinajstić information content (AvgIpc) is 2.86. The molecule has 0 bridgehead atoms. The van der Waals surface area contributed by atoms with Gasteiger partial charge in [0.25, 0.3) is 5.91 Å². The van der Waals surface area contributed by atoms with E-state index in [1.807, 2.05) is 12.1 Å². The first-order valence-corrected chi connectivity index (χ1v) is 6.57. The van der Waals surface area contributed by atoms with Gasteiger partial charge in [0.2, 0.25) is 0 Å². The van der Waals surface area contributed by atoms with E-state index in [0.29, 0.717) is 23.4 Å². The normalized spacial score (nSPS) is 13.3. The predicted molar refractivity (Wildman–Crippen MR) is 79.1 cm³/mol. The van der Waals surface area contributed by atoms with E-state index in [-0.39, 0.29) is 11.7 Å². The highest BCUT2D eigenvalue weighted by Gasteiger charge is 2.28. The van der Waals surface area contributed by atoms with Crippen LogP contribution in [0.3, 0.4) is 0 Å². The van der Waals surface area contributed by atoms with Crippen molar-refractivity contribution in [1.82, 2.24) is 0 Å². The van der Waals surface area contributed by atoms with E-state index in [0.717, 1.165) is 17.7 Å². The zero-order valence-electron chi connectivity index (χ0n) is 11.3. The van der Waals surface area contributed by atoms with Gasteiger partial charge in [-0.05, 0) is 36.6 Å². The van der Waals surface area contributed by atoms with E-state index in [9.17, 15) is 9.90 Å². The molecule has 0 unspecified atom stereocenters. The number of para-hydroxylation sites is 2. The lowest BCUT2D eigenvalue weighted by atomic mass is 10.1. The second kappa shape index (κ2) is 4.56. The molecule has 0 aliphatic carbocycles. The molecule has 102 valence electrons. The van der Waals surface area contributed by atoms with Gasteiger partial charge in [0.1, 0.15) is 5.75 Å². The maximum atomic E-state index is 12.6. The molecule has 1 aliphatic rings. The number of hydrogen-bond acceptors (Lipinski definition) is 3. The largest absolute Gasteiger partial charge is 0.507 e. The molecule has 4 nitrogen and oxygen atoms in total. The molecule has 3 rings (SSSR count). The lowest BCUT2D eigenvalue weighted by Crippen LogP contribution is -2.29. The van der Waals surface area contributed by atoms with Crippen LogP contribution in [-0.4, -0.2) is 17.6 Å². The number of nitrogens with two attached hydrogens (primary N) is 1. The topological polar surface area (TPSA) is 66.6 Å². The molecule has 0 saturated heterocycles. The molecule has 20 heavy (non-hydrogen) atoms. The number of hydrogen-bond donors (Lipinski definition) is 2. The van der Waals surface area contributed by atoms with Gasteiger partial charge in [-0.2, -0.15) is 0 Å². The van der Waals surface area contributed by atoms with E-state index in [4.69, 9.17) is 5.73 Å². The zero-order chi connectivity index (χ0) is 14.3. The fourth-order valence-electron chi connectivity index (χ4n) is 2.67. The number of phenolic OH excluding ortho intramolecular Hbond substituents is 1. The summed E-state index contributed by atoms with van der Waals surface area (Å²) in [4.78, 5) is 14.3. The number of nitrogens with zero attached hydrogens (tertiary/aromatic N) is 1. The third-order valence-corrected chi connectivity index (χ3v) is 3.74. The summed E-state index contributed by atoms with van der Waals surface area (Å²) in [5.41, 5.74) is 9.45. The summed E-state index contributed by atoms with van der Waals surface area (Å²) in [5.74, 6) is -0.164. The minimum absolute atomic E-state index is 0.0421. The predicted octanol–water partition coefficient (Wildman–Crippen LogP) is 2.49. The average molecular weight is 268 g/mol. The summed E-state index contributed by atoms with van der Waals surface area (Å²) in [6.45, 7) is 2.37. The molecule has 0 fully saturated rings. The van der Waals surface area contributed by atoms with Crippen molar-refractivity contribution in [1.29, 1.82) is 0 Å². The van der Waals surface area contributed by atoms with Gasteiger partial charge in [-0.15, -0.1) is 0 Å². The van der Waals surface area contributed by atoms with Crippen LogP contribution in [0.15, 0.2) is 36.4 Å². The fraction of sp³-hybridized carbons (Fsp3) is 0.188. The second-order valence-electron chi connectivity index (χ2n) is 5.03. The Bertz CT molecular complexity index is 695. The number of rotatable bonds is 1. The fourth-order valence-corrected chi connectivity index (χ4v) is 2.67. The molecule has 1 heterocycles. The molecule has 2 aromatic rings. The second-order valence-corrected chi connectivity index (χ2v) is 5.03. The third kappa shape index (κ3) is 1.81. The van der Waals surface area contributed by atoms with Crippen LogP contribution >= 0.6 is 0 Å². The van der Waals surface area contributed by atoms with Crippen LogP contribution in [0.25, 0.3) is 0 Å². The van der Waals surface area contributed by atoms with Gasteiger partial charge in [-0.25, -0.2) is 0 Å². The molecule has 4 heteroatoms. The van der Waals surface area contributed by atoms with Crippen molar-refractivity contribution in [3.63, 3.8) is 0 Å². The minimum Gasteiger partial charge on any atom is -0.507 e. The molecule has 2 aromatic carbocycles. The highest BCUT2D eigenvalue weighted by molar-refractivity contribution is 6.10. The van der Waals surface area contributed by atoms with Gasteiger partial charge >= 0.3 is 0 Å². The van der Waals surface area contributed by atoms with E-state index in [2.05, 4.69) is 0 Å². The quantitative estimate of drug-likeness (QED) is 0.781. The van der Waals surface area contributed by atoms with Crippen LogP contribution < -0.4 is 10.6 Å². The summed E-state index contributed by atoms with van der Waals surface area (Å²) in [7, 11) is 0. The molecule has 1 aliphatic heterocycles. The number of nitrogen functional groups attached to an aromatic ring is 1. The van der Waals surface area contributed by atoms with Crippen LogP contribution in [0.2, 0.25) is 0 Å². The Morgan fingerprint density at radius 3 is 2.80 bits per heavy atom. The number of fused-ring (bicyclic) bond motifs is 1. The van der Waals surface area contributed by atoms with Crippen LogP contribution in [0.1, 0.15) is 21.5 Å². The van der Waals surface area contributed by atoms with E-state index in [1.54, 1.807) is 36.1 Å². The van der Waals surface area contributed by atoms with Crippen molar-refractivity contribution in [3.05, 3.63) is 53.1 Å². The Kier molecular flexibility index (Phi) is 2.86. The van der Waals surface area contributed by atoms with Gasteiger partial charge in [-0.3, -0.25) is 4.79 Å². The molecule has 1 amide bonds. The smallest absolute Gasteiger partial charge is 0.262 e. The summed E-state index contributed by atoms with van der Waals surface area (Å²) >= 11 is 0. The summed E-state index contributed by atoms with van der Waals surface area (Å²) in [6, 6.07) is 10.9. The van der Waals surface area contributed by atoms with Gasteiger partial charge in [-0.1, -0.05) is 24.3 Å². The Morgan fingerprint density at radius 1 is 1.25 bits per heavy atom. The van der Waals surface area contributed by atoms with Crippen LogP contribution in [0.4, 0.5) is 11.4 Å². The molecule has 0 spiro atoms. The number of phenols is 1. The number of carbonyl (C=O) groups is 1. The van der Waals surface area contributed by atoms with Crippen molar-refractivity contribution >= 4 is 17.3 Å². The molecular weight excluding hydrogens is 252 g/mol.